The van der Waals surface area contributed by atoms with E-state index in [-0.39, 0.29) is 0 Å². The lowest BCUT2D eigenvalue weighted by atomic mass is 10.2. The summed E-state index contributed by atoms with van der Waals surface area (Å²) in [5.41, 5.74) is 7.85. The number of nitrogens with zero attached hydrogens (tertiary/aromatic N) is 1. The summed E-state index contributed by atoms with van der Waals surface area (Å²) < 4.78 is 5.27. The van der Waals surface area contributed by atoms with Crippen LogP contribution in [0.3, 0.4) is 0 Å². The molecule has 0 saturated heterocycles. The molecule has 14 heavy (non-hydrogen) atoms. The summed E-state index contributed by atoms with van der Waals surface area (Å²) >= 11 is 5.32. The van der Waals surface area contributed by atoms with Gasteiger partial charge in [0.25, 0.3) is 0 Å². The third-order valence-corrected chi connectivity index (χ3v) is 1.73. The van der Waals surface area contributed by atoms with Crippen molar-refractivity contribution in [2.45, 2.75) is 0 Å². The van der Waals surface area contributed by atoms with Gasteiger partial charge in [0.05, 0.1) is 5.56 Å². The fourth-order valence-electron chi connectivity index (χ4n) is 0.935. The highest BCUT2D eigenvalue weighted by molar-refractivity contribution is 6.25. The summed E-state index contributed by atoms with van der Waals surface area (Å²) in [5, 5.41) is 8.77. The summed E-state index contributed by atoms with van der Waals surface area (Å²) in [4.78, 5) is 0. The molecule has 1 aromatic carbocycles. The molecule has 0 aliphatic rings. The summed E-state index contributed by atoms with van der Waals surface area (Å²) in [6.45, 7) is 0.335. The average molecular weight is 209 g/mol. The van der Waals surface area contributed by atoms with Gasteiger partial charge in [-0.15, -0.1) is 0 Å². The lowest BCUT2D eigenvalue weighted by molar-refractivity contribution is 0.362. The minimum absolute atomic E-state index is 0.335. The lowest BCUT2D eigenvalue weighted by Crippen LogP contribution is -1.96. The maximum atomic E-state index is 8.77. The second-order valence-electron chi connectivity index (χ2n) is 2.54. The lowest BCUT2D eigenvalue weighted by Gasteiger charge is -2.05. The van der Waals surface area contributed by atoms with Crippen molar-refractivity contribution in [2.24, 2.45) is 0 Å². The smallest absolute Gasteiger partial charge is 0.137 e. The molecule has 2 N–H and O–H groups in total. The molecule has 0 heterocycles. The first-order valence-corrected chi connectivity index (χ1v) is 4.39. The second-order valence-corrected chi connectivity index (χ2v) is 2.79. The highest BCUT2D eigenvalue weighted by atomic mass is 35.5. The van der Waals surface area contributed by atoms with Gasteiger partial charge in [0.2, 0.25) is 0 Å². The van der Waals surface area contributed by atoms with E-state index in [0.717, 1.165) is 0 Å². The van der Waals surface area contributed by atoms with Crippen LogP contribution in [0.15, 0.2) is 29.8 Å². The van der Waals surface area contributed by atoms with Gasteiger partial charge in [0.15, 0.2) is 0 Å². The fraction of sp³-hybridized carbons (Fsp3) is 0.100. The maximum Gasteiger partial charge on any atom is 0.137 e. The highest BCUT2D eigenvalue weighted by Gasteiger charge is 2.01. The molecule has 1 aromatic rings. The molecule has 0 unspecified atom stereocenters. The van der Waals surface area contributed by atoms with Gasteiger partial charge in [-0.05, 0) is 24.3 Å². The molecule has 0 aliphatic carbocycles. The Morgan fingerprint density at radius 2 is 2.36 bits per heavy atom. The van der Waals surface area contributed by atoms with Crippen LogP contribution in [0, 0.1) is 11.3 Å². The zero-order chi connectivity index (χ0) is 10.4. The van der Waals surface area contributed by atoms with Gasteiger partial charge < -0.3 is 10.5 Å². The van der Waals surface area contributed by atoms with Gasteiger partial charge in [-0.25, -0.2) is 0 Å². The number of halogens is 1. The van der Waals surface area contributed by atoms with Gasteiger partial charge in [-0.2, -0.15) is 5.26 Å². The highest BCUT2D eigenvalue weighted by Crippen LogP contribution is 2.20. The third kappa shape index (κ3) is 2.68. The van der Waals surface area contributed by atoms with Crippen LogP contribution in [0.2, 0.25) is 0 Å². The van der Waals surface area contributed by atoms with Crippen LogP contribution in [-0.2, 0) is 0 Å². The molecule has 0 atom stereocenters. The predicted molar refractivity (Wildman–Crippen MR) is 56.1 cm³/mol. The molecule has 3 nitrogen and oxygen atoms in total. The van der Waals surface area contributed by atoms with E-state index in [4.69, 9.17) is 27.3 Å². The minimum atomic E-state index is 0.335. The van der Waals surface area contributed by atoms with E-state index >= 15 is 0 Å². The van der Waals surface area contributed by atoms with Crippen molar-refractivity contribution in [2.75, 3.05) is 12.3 Å². The van der Waals surface area contributed by atoms with Crippen LogP contribution >= 0.6 is 11.6 Å². The summed E-state index contributed by atoms with van der Waals surface area (Å²) in [5.74, 6) is 0.511. The monoisotopic (exact) mass is 208 g/mol. The summed E-state index contributed by atoms with van der Waals surface area (Å²) in [6, 6.07) is 6.91. The van der Waals surface area contributed by atoms with Crippen LogP contribution in [-0.4, -0.2) is 6.61 Å². The van der Waals surface area contributed by atoms with Crippen LogP contribution in [0.5, 0.6) is 5.75 Å². The number of nitrogens with two attached hydrogens (primary N) is 1. The van der Waals surface area contributed by atoms with Crippen molar-refractivity contribution in [1.82, 2.24) is 0 Å². The molecule has 0 radical (unpaired) electrons. The standard InChI is InChI=1S/C10H9ClN2O/c11-4-1-5-14-10-3-2-9(13)6-8(10)7-12/h1-4,6H,5,13H2/b4-1+. The molecule has 0 fully saturated rings. The first-order chi connectivity index (χ1) is 6.77. The maximum absolute atomic E-state index is 8.77. The molecule has 0 aliphatic heterocycles. The second kappa shape index (κ2) is 5.15. The Labute approximate surface area is 87.4 Å². The molecule has 0 aromatic heterocycles. The van der Waals surface area contributed by atoms with Crippen molar-refractivity contribution in [3.8, 4) is 11.8 Å². The van der Waals surface area contributed by atoms with Crippen molar-refractivity contribution in [3.05, 3.63) is 35.4 Å². The number of hydrogen-bond acceptors (Lipinski definition) is 3. The summed E-state index contributed by atoms with van der Waals surface area (Å²) in [6.07, 6.45) is 1.64. The topological polar surface area (TPSA) is 59.0 Å². The number of ether oxygens (including phenoxy) is 1. The van der Waals surface area contributed by atoms with Crippen molar-refractivity contribution < 1.29 is 4.74 Å². The molecule has 0 bridgehead atoms. The minimum Gasteiger partial charge on any atom is -0.488 e. The first kappa shape index (κ1) is 10.4. The SMILES string of the molecule is N#Cc1cc(N)ccc1OC/C=C/Cl. The van der Waals surface area contributed by atoms with Gasteiger partial charge in [-0.3, -0.25) is 0 Å². The van der Waals surface area contributed by atoms with E-state index in [2.05, 4.69) is 0 Å². The quantitative estimate of drug-likeness (QED) is 0.776. The Bertz CT molecular complexity index is 382. The van der Waals surface area contributed by atoms with E-state index in [0.29, 0.717) is 23.6 Å². The van der Waals surface area contributed by atoms with Gasteiger partial charge in [0, 0.05) is 11.2 Å². The van der Waals surface area contributed by atoms with E-state index in [1.165, 1.54) is 5.54 Å². The fourth-order valence-corrected chi connectivity index (χ4v) is 1.01. The molecule has 0 spiro atoms. The predicted octanol–water partition coefficient (Wildman–Crippen LogP) is 2.27. The van der Waals surface area contributed by atoms with Crippen molar-refractivity contribution >= 4 is 17.3 Å². The normalized spacial score (nSPS) is 10.0. The van der Waals surface area contributed by atoms with Crippen LogP contribution in [0.1, 0.15) is 5.56 Å². The van der Waals surface area contributed by atoms with E-state index < -0.39 is 0 Å². The van der Waals surface area contributed by atoms with Gasteiger partial charge in [-0.1, -0.05) is 11.6 Å². The average Bonchev–Trinajstić information content (AvgIpc) is 2.20. The molecule has 0 saturated carbocycles. The van der Waals surface area contributed by atoms with Crippen LogP contribution in [0.4, 0.5) is 5.69 Å². The summed E-state index contributed by atoms with van der Waals surface area (Å²) in [7, 11) is 0. The molecule has 4 heteroatoms. The van der Waals surface area contributed by atoms with Gasteiger partial charge >= 0.3 is 0 Å². The van der Waals surface area contributed by atoms with E-state index in [1.54, 1.807) is 24.3 Å². The number of hydrogen-bond donors (Lipinski definition) is 1. The number of anilines is 1. The van der Waals surface area contributed by atoms with Crippen LogP contribution < -0.4 is 10.5 Å². The Balaban J connectivity index is 2.81. The van der Waals surface area contributed by atoms with Crippen molar-refractivity contribution in [1.29, 1.82) is 5.26 Å². The first-order valence-electron chi connectivity index (χ1n) is 3.95. The number of rotatable bonds is 3. The van der Waals surface area contributed by atoms with E-state index in [9.17, 15) is 0 Å². The van der Waals surface area contributed by atoms with Crippen molar-refractivity contribution in [3.63, 3.8) is 0 Å². The molecule has 0 amide bonds. The van der Waals surface area contributed by atoms with Crippen LogP contribution in [0.25, 0.3) is 0 Å². The Hall–Kier alpha value is -1.66. The number of nitriles is 1. The van der Waals surface area contributed by atoms with Gasteiger partial charge in [0.1, 0.15) is 18.4 Å². The largest absolute Gasteiger partial charge is 0.488 e. The van der Waals surface area contributed by atoms with E-state index in [1.807, 2.05) is 6.07 Å². The molecule has 72 valence electrons. The number of benzene rings is 1. The molecule has 1 rings (SSSR count). The molecular formula is C10H9ClN2O. The third-order valence-electron chi connectivity index (χ3n) is 1.55. The number of nitrogen functional groups attached to an aromatic ring is 1. The Morgan fingerprint density at radius 1 is 1.57 bits per heavy atom. The zero-order valence-electron chi connectivity index (χ0n) is 7.40. The Morgan fingerprint density at radius 3 is 3.00 bits per heavy atom. The zero-order valence-corrected chi connectivity index (χ0v) is 8.16. The Kier molecular flexibility index (Phi) is 3.84. The molecular weight excluding hydrogens is 200 g/mol.